The summed E-state index contributed by atoms with van der Waals surface area (Å²) >= 11 is 6.75. The van der Waals surface area contributed by atoms with Crippen LogP contribution < -0.4 is 15.0 Å². The number of anilines is 1. The van der Waals surface area contributed by atoms with Crippen molar-refractivity contribution in [2.24, 2.45) is 5.92 Å². The van der Waals surface area contributed by atoms with Crippen molar-refractivity contribution in [3.8, 4) is 5.75 Å². The van der Waals surface area contributed by atoms with Gasteiger partial charge >= 0.3 is 18.0 Å². The normalized spacial score (nSPS) is 29.0. The van der Waals surface area contributed by atoms with Crippen LogP contribution >= 0.6 is 11.6 Å². The molecule has 300 valence electrons. The van der Waals surface area contributed by atoms with Crippen LogP contribution in [0.5, 0.6) is 5.75 Å². The largest absolute Gasteiger partial charge is 0.495 e. The molecular weight excluding hydrogens is 736 g/mol. The topological polar surface area (TPSA) is 162 Å². The van der Waals surface area contributed by atoms with Crippen LogP contribution in [0.25, 0.3) is 0 Å². The van der Waals surface area contributed by atoms with Gasteiger partial charge in [0.15, 0.2) is 5.72 Å². The third-order valence-electron chi connectivity index (χ3n) is 10.4. The summed E-state index contributed by atoms with van der Waals surface area (Å²) in [4.78, 5) is 53.9. The molecule has 0 aromatic heterocycles. The molecule has 0 saturated carbocycles. The number of allylic oxidation sites excluding steroid dienone is 3. The minimum Gasteiger partial charge on any atom is -0.495 e. The smallest absolute Gasteiger partial charge is 0.409 e. The molecule has 0 spiro atoms. The Morgan fingerprint density at radius 3 is 2.46 bits per heavy atom. The van der Waals surface area contributed by atoms with E-state index in [1.165, 1.54) is 19.1 Å². The predicted octanol–water partition coefficient (Wildman–Crippen LogP) is 6.11. The summed E-state index contributed by atoms with van der Waals surface area (Å²) in [5.74, 6) is -1.34. The quantitative estimate of drug-likeness (QED) is 0.0875. The number of epoxide rings is 1. The van der Waals surface area contributed by atoms with Gasteiger partial charge in [-0.3, -0.25) is 19.7 Å². The molecule has 1 aromatic rings. The van der Waals surface area contributed by atoms with Gasteiger partial charge in [0.25, 0.3) is 0 Å². The van der Waals surface area contributed by atoms with Gasteiger partial charge in [-0.1, -0.05) is 62.0 Å². The number of esters is 2. The van der Waals surface area contributed by atoms with Gasteiger partial charge in [-0.05, 0) is 56.9 Å². The molecule has 2 amide bonds. The first-order valence-electron chi connectivity index (χ1n) is 18.5. The molecule has 3 aliphatic rings. The Morgan fingerprint density at radius 1 is 1.13 bits per heavy atom. The Bertz CT molecular complexity index is 1610. The van der Waals surface area contributed by atoms with Crippen LogP contribution in [0.15, 0.2) is 35.9 Å². The average molecular weight is 793 g/mol. The number of amides is 2. The van der Waals surface area contributed by atoms with Gasteiger partial charge in [0, 0.05) is 47.4 Å². The number of halogens is 1. The highest BCUT2D eigenvalue weighted by atomic mass is 35.5. The summed E-state index contributed by atoms with van der Waals surface area (Å²) in [6, 6.07) is 4.50. The van der Waals surface area contributed by atoms with E-state index in [9.17, 15) is 24.3 Å². The van der Waals surface area contributed by atoms with E-state index in [0.29, 0.717) is 37.3 Å². The fraction of sp³-hybridized carbons (Fsp3) is 0.641. The molecule has 1 aromatic carbocycles. The Balaban J connectivity index is 1.61. The van der Waals surface area contributed by atoms with Crippen molar-refractivity contribution in [3.05, 3.63) is 46.5 Å². The van der Waals surface area contributed by atoms with E-state index < -0.39 is 67.7 Å². The first kappa shape index (κ1) is 43.3. The third kappa shape index (κ3) is 11.1. The first-order chi connectivity index (χ1) is 25.3. The van der Waals surface area contributed by atoms with Crippen molar-refractivity contribution < 1.29 is 52.7 Å². The summed E-state index contributed by atoms with van der Waals surface area (Å²) in [5, 5.41) is 14.5. The summed E-state index contributed by atoms with van der Waals surface area (Å²) in [5.41, 5.74) is -0.774. The van der Waals surface area contributed by atoms with Gasteiger partial charge in [-0.15, -0.1) is 0 Å². The monoisotopic (exact) mass is 792 g/mol. The highest BCUT2D eigenvalue weighted by molar-refractivity contribution is 6.76. The SMILES string of the molecule is COc1cc2cc(c1Cl)N(C)C(=O)C[C@H](OC(=O)CCCCC(=O)OCC[Si](C)(C)C)[C@]1(C)OC1[C@H](C)[C@@H]1C[C@@](O)(NC(=O)O1)[C@H](OC)C=CC=C(C)C2. The number of methoxy groups -OCH3 is 2. The molecule has 7 atom stereocenters. The number of hydrogen-bond donors (Lipinski definition) is 2. The number of hydrogen-bond acceptors (Lipinski definition) is 11. The fourth-order valence-corrected chi connectivity index (χ4v) is 7.93. The second-order valence-corrected chi connectivity index (χ2v) is 22.0. The number of nitrogens with zero attached hydrogens (tertiary/aromatic N) is 1. The molecule has 13 nitrogen and oxygen atoms in total. The van der Waals surface area contributed by atoms with Crippen LogP contribution in [-0.4, -0.2) is 101 Å². The maximum atomic E-state index is 14.1. The molecule has 2 saturated heterocycles. The van der Waals surface area contributed by atoms with Gasteiger partial charge < -0.3 is 38.4 Å². The molecule has 4 rings (SSSR count). The average Bonchev–Trinajstić information content (AvgIpc) is 3.79. The zero-order chi connectivity index (χ0) is 40.0. The number of carbonyl (C=O) groups excluding carboxylic acids is 4. The highest BCUT2D eigenvalue weighted by Crippen LogP contribution is 2.49. The van der Waals surface area contributed by atoms with E-state index in [4.69, 9.17) is 40.0 Å². The van der Waals surface area contributed by atoms with Gasteiger partial charge in [-0.2, -0.15) is 0 Å². The lowest BCUT2D eigenvalue weighted by Gasteiger charge is -2.42. The molecule has 0 radical (unpaired) electrons. The molecule has 4 bridgehead atoms. The second-order valence-electron chi connectivity index (χ2n) is 16.0. The van der Waals surface area contributed by atoms with Crippen molar-refractivity contribution in [1.82, 2.24) is 5.32 Å². The number of benzene rings is 1. The van der Waals surface area contributed by atoms with Crippen molar-refractivity contribution >= 4 is 49.3 Å². The summed E-state index contributed by atoms with van der Waals surface area (Å²) in [6.07, 6.45) is 2.29. The van der Waals surface area contributed by atoms with E-state index in [0.717, 1.165) is 17.2 Å². The second kappa shape index (κ2) is 18.0. The lowest BCUT2D eigenvalue weighted by molar-refractivity contribution is -0.154. The molecule has 2 N–H and O–H groups in total. The number of ether oxygens (including phenoxy) is 6. The van der Waals surface area contributed by atoms with Gasteiger partial charge in [-0.25, -0.2) is 4.79 Å². The lowest BCUT2D eigenvalue weighted by Crippen LogP contribution is -2.63. The Hall–Kier alpha value is -3.43. The number of unbranched alkanes of at least 4 members (excludes halogenated alkanes) is 1. The summed E-state index contributed by atoms with van der Waals surface area (Å²) < 4.78 is 34.5. The Morgan fingerprint density at radius 2 is 1.81 bits per heavy atom. The number of aliphatic hydroxyl groups is 1. The maximum Gasteiger partial charge on any atom is 0.409 e. The Kier molecular flexibility index (Phi) is 14.4. The number of nitrogens with one attached hydrogen (secondary N) is 1. The van der Waals surface area contributed by atoms with Gasteiger partial charge in [0.2, 0.25) is 5.91 Å². The molecule has 3 heterocycles. The highest BCUT2D eigenvalue weighted by Gasteiger charge is 2.64. The van der Waals surface area contributed by atoms with Crippen molar-refractivity contribution in [2.45, 2.75) is 127 Å². The summed E-state index contributed by atoms with van der Waals surface area (Å²) in [6.45, 7) is 12.5. The molecular formula is C39H57ClN2O11Si. The number of rotatable bonds is 11. The Labute approximate surface area is 324 Å². The van der Waals surface area contributed by atoms with Crippen LogP contribution in [0, 0.1) is 5.92 Å². The molecule has 3 aliphatic heterocycles. The minimum absolute atomic E-state index is 0.0157. The van der Waals surface area contributed by atoms with Crippen molar-refractivity contribution in [2.75, 3.05) is 32.8 Å². The van der Waals surface area contributed by atoms with Gasteiger partial charge in [0.05, 0.1) is 31.9 Å². The number of alkyl carbamates (subject to hydrolysis) is 1. The van der Waals surface area contributed by atoms with Crippen molar-refractivity contribution in [3.63, 3.8) is 0 Å². The van der Waals surface area contributed by atoms with Crippen LogP contribution in [-0.2, 0) is 44.5 Å². The fourth-order valence-electron chi connectivity index (χ4n) is 6.90. The van der Waals surface area contributed by atoms with E-state index in [1.807, 2.05) is 26.0 Å². The lowest BCUT2D eigenvalue weighted by atomic mass is 9.83. The molecule has 15 heteroatoms. The molecule has 54 heavy (non-hydrogen) atoms. The summed E-state index contributed by atoms with van der Waals surface area (Å²) in [7, 11) is 3.20. The van der Waals surface area contributed by atoms with E-state index >= 15 is 0 Å². The third-order valence-corrected chi connectivity index (χ3v) is 12.4. The molecule has 2 fully saturated rings. The standard InChI is InChI=1S/C39H57ClN2O11Si/c1-24-13-12-14-30(49-6)39(47)23-29(51-37(46)41-39)25(2)36-38(3,53-36)31(52-34(45)16-11-10-15-33(44)50-17-18-54(7,8)9)22-32(43)42(4)27-20-26(19-24)21-28(48-5)35(27)40/h12-14,20-21,25,29-31,36,47H,10-11,15-19,22-23H2,1-9H3,(H,41,46)/t25-,29+,30-,31+,36?,38+,39+/m1/s1. The van der Waals surface area contributed by atoms with E-state index in [-0.39, 0.29) is 36.7 Å². The number of carbonyl (C=O) groups is 4. The zero-order valence-corrected chi connectivity index (χ0v) is 34.7. The van der Waals surface area contributed by atoms with Crippen LogP contribution in [0.1, 0.15) is 64.9 Å². The van der Waals surface area contributed by atoms with Crippen molar-refractivity contribution in [1.29, 1.82) is 0 Å². The van der Waals surface area contributed by atoms with E-state index in [1.54, 1.807) is 32.2 Å². The predicted molar refractivity (Wildman–Crippen MR) is 206 cm³/mol. The first-order valence-corrected chi connectivity index (χ1v) is 22.6. The minimum atomic E-state index is -1.81. The van der Waals surface area contributed by atoms with Crippen LogP contribution in [0.3, 0.4) is 0 Å². The van der Waals surface area contributed by atoms with Crippen LogP contribution in [0.2, 0.25) is 30.7 Å². The zero-order valence-electron chi connectivity index (χ0n) is 33.0. The number of fused-ring (bicyclic) bond motifs is 5. The van der Waals surface area contributed by atoms with Crippen LogP contribution in [0.4, 0.5) is 10.5 Å². The maximum absolute atomic E-state index is 14.1. The van der Waals surface area contributed by atoms with Gasteiger partial charge in [0.1, 0.15) is 34.7 Å². The molecule has 1 unspecified atom stereocenters. The molecule has 0 aliphatic carbocycles. The van der Waals surface area contributed by atoms with E-state index in [2.05, 4.69) is 25.0 Å².